The minimum Gasteiger partial charge on any atom is -0.493 e. The fourth-order valence-electron chi connectivity index (χ4n) is 17.6. The zero-order valence-electron chi connectivity index (χ0n) is 60.3. The van der Waals surface area contributed by atoms with Crippen molar-refractivity contribution in [3.63, 3.8) is 0 Å². The molecule has 1 heterocycles. The summed E-state index contributed by atoms with van der Waals surface area (Å²) in [6.45, 7) is 36.1. The first kappa shape index (κ1) is 65.2. The smallest absolute Gasteiger partial charge is 0.194 e. The molecule has 4 nitrogen and oxygen atoms in total. The molecule has 0 radical (unpaired) electrons. The van der Waals surface area contributed by atoms with Crippen LogP contribution in [0.4, 0.5) is 0 Å². The summed E-state index contributed by atoms with van der Waals surface area (Å²) in [6.07, 6.45) is 12.6. The number of hydrogen-bond donors (Lipinski definition) is 0. The molecule has 15 rings (SSSR count). The molecule has 0 aliphatic heterocycles. The Morgan fingerprint density at radius 3 is 1.48 bits per heavy atom. The Hall–Kier alpha value is -8.74. The molecule has 7 aliphatic carbocycles. The first-order valence-corrected chi connectivity index (χ1v) is 36.6. The van der Waals surface area contributed by atoms with E-state index in [0.29, 0.717) is 31.5 Å². The number of ether oxygens (including phenoxy) is 2. The van der Waals surface area contributed by atoms with Crippen LogP contribution in [-0.2, 0) is 20.3 Å². The molecule has 0 N–H and O–H groups in total. The maximum Gasteiger partial charge on any atom is 0.194 e. The Morgan fingerprint density at radius 2 is 0.969 bits per heavy atom. The number of aryl methyl sites for hydroxylation is 8. The molecule has 0 saturated heterocycles. The average Bonchev–Trinajstić information content (AvgIpc) is 1.50. The van der Waals surface area contributed by atoms with Gasteiger partial charge in [0.05, 0.1) is 23.5 Å². The zero-order chi connectivity index (χ0) is 68.7. The fourth-order valence-corrected chi connectivity index (χ4v) is 18.9. The summed E-state index contributed by atoms with van der Waals surface area (Å²) >= 11 is 1.90. The lowest BCUT2D eigenvalue weighted by Crippen LogP contribution is -2.31. The number of carbonyl (C=O) groups excluding carboxylic acids is 2. The van der Waals surface area contributed by atoms with Crippen molar-refractivity contribution in [1.82, 2.24) is 0 Å². The van der Waals surface area contributed by atoms with Gasteiger partial charge in [-0.15, -0.1) is 11.3 Å². The van der Waals surface area contributed by atoms with Crippen molar-refractivity contribution in [3.8, 4) is 10.4 Å². The third kappa shape index (κ3) is 10.5. The fraction of sp³-hybridized carbons (Fsp3) is 0.312. The van der Waals surface area contributed by atoms with Crippen molar-refractivity contribution in [3.05, 3.63) is 325 Å². The van der Waals surface area contributed by atoms with Crippen molar-refractivity contribution >= 4 is 45.2 Å². The lowest BCUT2D eigenvalue weighted by Gasteiger charge is -2.37. The van der Waals surface area contributed by atoms with Crippen LogP contribution in [0.3, 0.4) is 0 Å². The second kappa shape index (κ2) is 24.6. The highest BCUT2D eigenvalue weighted by atomic mass is 32.1. The van der Waals surface area contributed by atoms with Crippen LogP contribution in [0.1, 0.15) is 207 Å². The number of hydrogen-bond acceptors (Lipinski definition) is 5. The third-order valence-electron chi connectivity index (χ3n) is 22.6. The Kier molecular flexibility index (Phi) is 16.4. The van der Waals surface area contributed by atoms with Crippen LogP contribution in [0, 0.1) is 79.1 Å². The van der Waals surface area contributed by atoms with Crippen LogP contribution in [0.25, 0.3) is 32.7 Å². The van der Waals surface area contributed by atoms with E-state index in [1.54, 1.807) is 0 Å². The Balaban J connectivity index is 0.922. The van der Waals surface area contributed by atoms with Gasteiger partial charge in [0.1, 0.15) is 5.76 Å². The molecule has 7 aliphatic rings. The average molecular weight is 1310 g/mol. The molecule has 8 aromatic rings. The summed E-state index contributed by atoms with van der Waals surface area (Å²) in [5, 5.41) is 0. The van der Waals surface area contributed by atoms with Crippen molar-refractivity contribution in [2.24, 2.45) is 23.7 Å². The monoisotopic (exact) mass is 1300 g/mol. The first-order chi connectivity index (χ1) is 46.9. The van der Waals surface area contributed by atoms with E-state index in [1.165, 1.54) is 115 Å². The summed E-state index contributed by atoms with van der Waals surface area (Å²) < 4.78 is 14.2. The van der Waals surface area contributed by atoms with Gasteiger partial charge in [0, 0.05) is 56.5 Å². The molecule has 1 fully saturated rings. The number of ketones is 2. The van der Waals surface area contributed by atoms with E-state index < -0.39 is 10.8 Å². The van der Waals surface area contributed by atoms with Gasteiger partial charge in [-0.2, -0.15) is 0 Å². The Bertz CT molecular complexity index is 4890. The van der Waals surface area contributed by atoms with Gasteiger partial charge in [0.25, 0.3) is 0 Å². The Morgan fingerprint density at radius 1 is 0.500 bits per heavy atom. The number of rotatable bonds is 14. The highest BCUT2D eigenvalue weighted by Crippen LogP contribution is 2.66. The highest BCUT2D eigenvalue weighted by molar-refractivity contribution is 7.17. The van der Waals surface area contributed by atoms with Gasteiger partial charge in [0.2, 0.25) is 0 Å². The van der Waals surface area contributed by atoms with Crippen molar-refractivity contribution in [2.45, 2.75) is 153 Å². The van der Waals surface area contributed by atoms with Crippen LogP contribution < -0.4 is 0 Å². The lowest BCUT2D eigenvalue weighted by molar-refractivity contribution is 0.0200. The highest BCUT2D eigenvalue weighted by Gasteiger charge is 2.55. The molecule has 1 aromatic heterocycles. The topological polar surface area (TPSA) is 52.6 Å². The van der Waals surface area contributed by atoms with E-state index in [-0.39, 0.29) is 29.5 Å². The van der Waals surface area contributed by atoms with Crippen molar-refractivity contribution < 1.29 is 19.1 Å². The predicted octanol–water partition coefficient (Wildman–Crippen LogP) is 23.0. The number of Topliss-reactive ketones (excluding diaryl/α,β-unsaturated/α-hetero) is 2. The Labute approximate surface area is 586 Å². The molecule has 0 spiro atoms. The number of fused-ring (bicyclic) bond motifs is 7. The summed E-state index contributed by atoms with van der Waals surface area (Å²) in [5.74, 6) is 2.08. The minimum absolute atomic E-state index is 0.0161. The summed E-state index contributed by atoms with van der Waals surface area (Å²) in [5.41, 5.74) is 35.8. The number of allylic oxidation sites excluding steroid dienone is 14. The van der Waals surface area contributed by atoms with Crippen LogP contribution >= 0.6 is 11.3 Å². The first-order valence-electron chi connectivity index (χ1n) is 35.8. The second-order valence-electron chi connectivity index (χ2n) is 31.1. The SMILES string of the molecule is CC(C)=C1/C(=C/C2=CC(OCC(C)C)=C(c3cc4c(s3)-c3cc5c(cc3C4(c3ccc(C)cc3)c3ccc(C)cc3)C3=C(C=C(C4CC(/C=C6\C(=O)c7cc(C)c(C)cc7C6=C(C)C)CC4OCC(C)C)C3)C5(c3ccc(C)cc3)c3ccc(C)cc3)C2)C(=O)c2cc(C)c(C)cc21. The standard InChI is InChI=1S/C93H92O4S/c1-50(2)48-96-84-41-62(39-78-87(52(5)6)72-33-58(13)60(15)35-74(72)89(78)94)37-69(84)64-43-70-71-45-82-76(46-81(71)92(80(70)44-64,65-25-17-54(9)18-26-65)66-27-19-55(10)20-28-66)91-83(93(82,67-29-21-56(11)22-30-67)68-31-23-57(12)24-32-68)47-86(98-91)77-38-63(42-85(77)97-49-51(3)4)40-79-88(53(7)8)73-34-59(14)61(16)36-75(73)90(79)95/h17-36,39-40,42,44-47,50-51,62,69,84H,37-38,41,43,48-49H2,1-16H3/b78-39-,79-40-. The zero-order valence-corrected chi connectivity index (χ0v) is 61.1. The van der Waals surface area contributed by atoms with Crippen LogP contribution in [0.5, 0.6) is 0 Å². The summed E-state index contributed by atoms with van der Waals surface area (Å²) in [4.78, 5) is 31.9. The van der Waals surface area contributed by atoms with Gasteiger partial charge in [-0.1, -0.05) is 188 Å². The largest absolute Gasteiger partial charge is 0.493 e. The van der Waals surface area contributed by atoms with Gasteiger partial charge in [-0.05, 0) is 274 Å². The molecular formula is C93H92O4S. The summed E-state index contributed by atoms with van der Waals surface area (Å²) in [6, 6.07) is 54.1. The molecule has 0 bridgehead atoms. The van der Waals surface area contributed by atoms with Crippen molar-refractivity contribution in [1.29, 1.82) is 0 Å². The maximum atomic E-state index is 14.7. The van der Waals surface area contributed by atoms with E-state index in [1.807, 2.05) is 11.3 Å². The number of thiophene rings is 1. The van der Waals surface area contributed by atoms with E-state index in [0.717, 1.165) is 97.4 Å². The molecule has 1 saturated carbocycles. The van der Waals surface area contributed by atoms with Gasteiger partial charge >= 0.3 is 0 Å². The number of carbonyl (C=O) groups is 2. The van der Waals surface area contributed by atoms with Gasteiger partial charge in [-0.25, -0.2) is 0 Å². The minimum atomic E-state index is -0.710. The second-order valence-corrected chi connectivity index (χ2v) is 32.2. The van der Waals surface area contributed by atoms with E-state index in [9.17, 15) is 9.59 Å². The molecule has 0 amide bonds. The molecule has 7 aromatic carbocycles. The van der Waals surface area contributed by atoms with Gasteiger partial charge in [-0.3, -0.25) is 9.59 Å². The number of benzene rings is 7. The van der Waals surface area contributed by atoms with Crippen LogP contribution in [-0.4, -0.2) is 30.9 Å². The molecule has 3 unspecified atom stereocenters. The maximum absolute atomic E-state index is 14.7. The molecular weight excluding hydrogens is 1210 g/mol. The molecule has 494 valence electrons. The normalized spacial score (nSPS) is 20.1. The lowest BCUT2D eigenvalue weighted by atomic mass is 9.65. The van der Waals surface area contributed by atoms with Crippen molar-refractivity contribution in [2.75, 3.05) is 13.2 Å². The molecule has 5 heteroatoms. The third-order valence-corrected chi connectivity index (χ3v) is 23.9. The quantitative estimate of drug-likeness (QED) is 0.102. The molecule has 98 heavy (non-hydrogen) atoms. The van der Waals surface area contributed by atoms with Crippen LogP contribution in [0.2, 0.25) is 0 Å². The van der Waals surface area contributed by atoms with E-state index in [4.69, 9.17) is 9.47 Å². The predicted molar refractivity (Wildman–Crippen MR) is 407 cm³/mol. The molecule has 3 atom stereocenters. The van der Waals surface area contributed by atoms with E-state index >= 15 is 0 Å². The van der Waals surface area contributed by atoms with Crippen LogP contribution in [0.15, 0.2) is 209 Å². The van der Waals surface area contributed by atoms with Gasteiger partial charge < -0.3 is 9.47 Å². The van der Waals surface area contributed by atoms with Gasteiger partial charge in [0.15, 0.2) is 11.6 Å². The summed E-state index contributed by atoms with van der Waals surface area (Å²) in [7, 11) is 0. The van der Waals surface area contributed by atoms with E-state index in [2.05, 4.69) is 275 Å².